The van der Waals surface area contributed by atoms with Gasteiger partial charge in [-0.1, -0.05) is 18.2 Å². The van der Waals surface area contributed by atoms with Gasteiger partial charge in [0.2, 0.25) is 0 Å². The Hall–Kier alpha value is -2.80. The van der Waals surface area contributed by atoms with Crippen molar-refractivity contribution in [2.45, 2.75) is 58.3 Å². The zero-order valence-corrected chi connectivity index (χ0v) is 20.0. The molecule has 0 radical (unpaired) electrons. The molecule has 0 N–H and O–H groups in total. The summed E-state index contributed by atoms with van der Waals surface area (Å²) in [6.45, 7) is 9.44. The third kappa shape index (κ3) is 3.62. The average Bonchev–Trinajstić information content (AvgIpc) is 3.12. The van der Waals surface area contributed by atoms with E-state index in [1.807, 2.05) is 39.0 Å². The van der Waals surface area contributed by atoms with Gasteiger partial charge in [0.15, 0.2) is 0 Å². The molecule has 3 aliphatic rings. The molecule has 0 bridgehead atoms. The summed E-state index contributed by atoms with van der Waals surface area (Å²) < 4.78 is 18.5. The highest BCUT2D eigenvalue weighted by atomic mass is 16.6. The third-order valence-electron chi connectivity index (χ3n) is 7.27. The highest BCUT2D eigenvalue weighted by molar-refractivity contribution is 5.94. The molecular weight excluding hydrogens is 420 g/mol. The zero-order valence-electron chi connectivity index (χ0n) is 20.0. The van der Waals surface area contributed by atoms with Gasteiger partial charge in [0.05, 0.1) is 42.3 Å². The maximum Gasteiger partial charge on any atom is 0.419 e. The van der Waals surface area contributed by atoms with Gasteiger partial charge >= 0.3 is 12.1 Å². The van der Waals surface area contributed by atoms with Crippen LogP contribution < -0.4 is 0 Å². The van der Waals surface area contributed by atoms with Crippen molar-refractivity contribution in [3.63, 3.8) is 0 Å². The molecule has 1 aromatic carbocycles. The number of ether oxygens (including phenoxy) is 3. The normalized spacial score (nSPS) is 27.0. The Balaban J connectivity index is 1.62. The van der Waals surface area contributed by atoms with Crippen LogP contribution in [-0.2, 0) is 25.4 Å². The molecule has 176 valence electrons. The predicted molar refractivity (Wildman–Crippen MR) is 124 cm³/mol. The van der Waals surface area contributed by atoms with Crippen LogP contribution in [0.1, 0.15) is 51.4 Å². The maximum absolute atomic E-state index is 13.5. The number of carbonyl (C=O) groups is 2. The van der Waals surface area contributed by atoms with E-state index in [9.17, 15) is 9.59 Å². The van der Waals surface area contributed by atoms with Crippen LogP contribution in [0.25, 0.3) is 10.9 Å². The van der Waals surface area contributed by atoms with E-state index in [2.05, 4.69) is 17.9 Å². The molecule has 7 nitrogen and oxygen atoms in total. The topological polar surface area (TPSA) is 70.0 Å². The number of esters is 1. The van der Waals surface area contributed by atoms with Gasteiger partial charge in [0.1, 0.15) is 5.60 Å². The van der Waals surface area contributed by atoms with Gasteiger partial charge < -0.3 is 14.2 Å². The second-order valence-corrected chi connectivity index (χ2v) is 10.4. The number of para-hydroxylation sites is 1. The number of aromatic nitrogens is 1. The van der Waals surface area contributed by atoms with E-state index in [1.165, 1.54) is 12.7 Å². The molecule has 0 aliphatic carbocycles. The van der Waals surface area contributed by atoms with Crippen molar-refractivity contribution in [2.75, 3.05) is 20.2 Å². The van der Waals surface area contributed by atoms with Crippen molar-refractivity contribution in [3.8, 4) is 0 Å². The lowest BCUT2D eigenvalue weighted by molar-refractivity contribution is -0.139. The number of benzene rings is 1. The highest BCUT2D eigenvalue weighted by Gasteiger charge is 2.48. The van der Waals surface area contributed by atoms with Gasteiger partial charge in [-0.25, -0.2) is 14.2 Å². The number of piperidine rings is 1. The van der Waals surface area contributed by atoms with E-state index < -0.39 is 5.60 Å². The van der Waals surface area contributed by atoms with Crippen LogP contribution in [0.2, 0.25) is 0 Å². The Morgan fingerprint density at radius 3 is 2.67 bits per heavy atom. The SMILES string of the molecule is COC(=O)C1=CO[C@@H](C)[C@@H]2CN3CCc4c(n(C(=O)OC(C)(C)C)c5ccccc45)[C@@H]3C[C@H]12. The number of nitrogens with zero attached hydrogens (tertiary/aromatic N) is 2. The molecule has 33 heavy (non-hydrogen) atoms. The molecule has 4 atom stereocenters. The van der Waals surface area contributed by atoms with E-state index in [1.54, 1.807) is 10.8 Å². The van der Waals surface area contributed by atoms with Gasteiger partial charge in [0.25, 0.3) is 0 Å². The first-order valence-corrected chi connectivity index (χ1v) is 11.7. The number of rotatable bonds is 1. The quantitative estimate of drug-likeness (QED) is 0.596. The molecule has 0 amide bonds. The van der Waals surface area contributed by atoms with Crippen molar-refractivity contribution >= 4 is 23.0 Å². The van der Waals surface area contributed by atoms with Crippen molar-refractivity contribution in [2.24, 2.45) is 11.8 Å². The molecule has 0 unspecified atom stereocenters. The van der Waals surface area contributed by atoms with E-state index in [4.69, 9.17) is 14.2 Å². The minimum absolute atomic E-state index is 0.00766. The zero-order chi connectivity index (χ0) is 23.5. The standard InChI is InChI=1S/C26H32N2O5/c1-15-19-13-27-11-10-17-16-8-6-7-9-21(16)28(25(30)33-26(2,3)4)23(17)22(27)12-18(19)20(14-32-15)24(29)31-5/h6-9,14-15,18-19,22H,10-13H2,1-5H3/t15-,18-,19-,22-/m0/s1. The Kier molecular flexibility index (Phi) is 5.27. The first kappa shape index (κ1) is 22.0. The maximum atomic E-state index is 13.5. The van der Waals surface area contributed by atoms with Crippen molar-refractivity contribution in [1.29, 1.82) is 0 Å². The molecule has 0 saturated carbocycles. The molecule has 1 aromatic heterocycles. The van der Waals surface area contributed by atoms with E-state index in [-0.39, 0.29) is 36.0 Å². The summed E-state index contributed by atoms with van der Waals surface area (Å²) in [6, 6.07) is 8.06. The lowest BCUT2D eigenvalue weighted by Gasteiger charge is -2.49. The minimum atomic E-state index is -0.599. The molecule has 2 aromatic rings. The third-order valence-corrected chi connectivity index (χ3v) is 7.27. The van der Waals surface area contributed by atoms with Gasteiger partial charge in [-0.15, -0.1) is 0 Å². The van der Waals surface area contributed by atoms with E-state index in [0.717, 1.165) is 42.5 Å². The molecule has 1 fully saturated rings. The molecule has 3 aliphatic heterocycles. The number of hydrogen-bond donors (Lipinski definition) is 0. The molecule has 7 heteroatoms. The first-order chi connectivity index (χ1) is 15.7. The number of carbonyl (C=O) groups excluding carboxylic acids is 2. The Morgan fingerprint density at radius 1 is 1.18 bits per heavy atom. The van der Waals surface area contributed by atoms with Gasteiger partial charge in [-0.3, -0.25) is 4.90 Å². The lowest BCUT2D eigenvalue weighted by atomic mass is 9.72. The summed E-state index contributed by atoms with van der Waals surface area (Å²) in [6.07, 6.45) is 2.84. The summed E-state index contributed by atoms with van der Waals surface area (Å²) in [7, 11) is 1.41. The molecule has 0 spiro atoms. The van der Waals surface area contributed by atoms with Gasteiger partial charge in [-0.2, -0.15) is 0 Å². The van der Waals surface area contributed by atoms with Crippen LogP contribution >= 0.6 is 0 Å². The fourth-order valence-electron chi connectivity index (χ4n) is 5.84. The molecular formula is C26H32N2O5. The number of hydrogen-bond acceptors (Lipinski definition) is 6. The second kappa shape index (κ2) is 7.90. The molecule has 1 saturated heterocycles. The van der Waals surface area contributed by atoms with Crippen LogP contribution in [0.15, 0.2) is 36.1 Å². The Morgan fingerprint density at radius 2 is 1.94 bits per heavy atom. The second-order valence-electron chi connectivity index (χ2n) is 10.4. The summed E-state index contributed by atoms with van der Waals surface area (Å²) in [4.78, 5) is 28.4. The smallest absolute Gasteiger partial charge is 0.419 e. The fraction of sp³-hybridized carbons (Fsp3) is 0.538. The van der Waals surface area contributed by atoms with Crippen LogP contribution in [-0.4, -0.2) is 53.4 Å². The van der Waals surface area contributed by atoms with E-state index >= 15 is 0 Å². The molecule has 5 rings (SSSR count). The summed E-state index contributed by atoms with van der Waals surface area (Å²) >= 11 is 0. The average molecular weight is 453 g/mol. The largest absolute Gasteiger partial charge is 0.497 e. The van der Waals surface area contributed by atoms with Crippen molar-refractivity contribution in [1.82, 2.24) is 9.47 Å². The number of fused-ring (bicyclic) bond motifs is 6. The molecule has 4 heterocycles. The van der Waals surface area contributed by atoms with Crippen molar-refractivity contribution in [3.05, 3.63) is 47.4 Å². The van der Waals surface area contributed by atoms with Gasteiger partial charge in [-0.05, 0) is 52.2 Å². The first-order valence-electron chi connectivity index (χ1n) is 11.7. The van der Waals surface area contributed by atoms with Gasteiger partial charge in [0, 0.05) is 30.3 Å². The van der Waals surface area contributed by atoms with Crippen LogP contribution in [0.5, 0.6) is 0 Å². The monoisotopic (exact) mass is 452 g/mol. The van der Waals surface area contributed by atoms with E-state index in [0.29, 0.717) is 5.57 Å². The van der Waals surface area contributed by atoms with Crippen molar-refractivity contribution < 1.29 is 23.8 Å². The minimum Gasteiger partial charge on any atom is -0.497 e. The fourth-order valence-corrected chi connectivity index (χ4v) is 5.84. The van der Waals surface area contributed by atoms with Crippen LogP contribution in [0.3, 0.4) is 0 Å². The lowest BCUT2D eigenvalue weighted by Crippen LogP contribution is -2.52. The predicted octanol–water partition coefficient (Wildman–Crippen LogP) is 4.44. The number of methoxy groups -OCH3 is 1. The summed E-state index contributed by atoms with van der Waals surface area (Å²) in [5.41, 5.74) is 3.08. The van der Waals surface area contributed by atoms with Crippen LogP contribution in [0.4, 0.5) is 4.79 Å². The Labute approximate surface area is 194 Å². The highest BCUT2D eigenvalue weighted by Crippen LogP contribution is 2.48. The summed E-state index contributed by atoms with van der Waals surface area (Å²) in [5, 5.41) is 1.10. The van der Waals surface area contributed by atoms with Crippen LogP contribution in [0, 0.1) is 11.8 Å². The Bertz CT molecular complexity index is 1140. The summed E-state index contributed by atoms with van der Waals surface area (Å²) in [5.74, 6) is -0.131.